The molecule has 3 aromatic carbocycles. The molecular formula is C37H37F3NO5P. The first-order valence-corrected chi connectivity index (χ1v) is 17.3. The van der Waals surface area contributed by atoms with Gasteiger partial charge < -0.3 is 4.89 Å². The maximum atomic E-state index is 15.0. The van der Waals surface area contributed by atoms with Gasteiger partial charge in [-0.15, -0.1) is 0 Å². The fourth-order valence-electron chi connectivity index (χ4n) is 7.48. The third-order valence-corrected chi connectivity index (χ3v) is 11.0. The molecule has 0 amide bonds. The number of halogens is 3. The number of benzene rings is 3. The van der Waals surface area contributed by atoms with Crippen LogP contribution in [0.15, 0.2) is 97.2 Å². The Balaban J connectivity index is 1.31. The van der Waals surface area contributed by atoms with Crippen molar-refractivity contribution < 1.29 is 36.5 Å². The summed E-state index contributed by atoms with van der Waals surface area (Å²) in [4.78, 5) is 28.2. The summed E-state index contributed by atoms with van der Waals surface area (Å²) >= 11 is 0. The Kier molecular flexibility index (Phi) is 9.29. The Morgan fingerprint density at radius 1 is 0.979 bits per heavy atom. The predicted octanol–water partition coefficient (Wildman–Crippen LogP) is 8.68. The van der Waals surface area contributed by atoms with Crippen molar-refractivity contribution >= 4 is 13.6 Å². The number of fused-ring (bicyclic) bond motifs is 3. The highest BCUT2D eigenvalue weighted by Gasteiger charge is 2.65. The summed E-state index contributed by atoms with van der Waals surface area (Å²) in [5.41, 5.74) is 2.04. The van der Waals surface area contributed by atoms with Gasteiger partial charge in [0.1, 0.15) is 0 Å². The Morgan fingerprint density at radius 2 is 1.68 bits per heavy atom. The van der Waals surface area contributed by atoms with Gasteiger partial charge in [0.2, 0.25) is 0 Å². The van der Waals surface area contributed by atoms with E-state index in [0.29, 0.717) is 30.4 Å². The number of hydrogen-bond donors (Lipinski definition) is 1. The van der Waals surface area contributed by atoms with E-state index in [-0.39, 0.29) is 25.2 Å². The third-order valence-electron chi connectivity index (χ3n) is 9.93. The number of aromatic nitrogens is 1. The van der Waals surface area contributed by atoms with E-state index in [2.05, 4.69) is 4.98 Å². The van der Waals surface area contributed by atoms with Crippen molar-refractivity contribution in [3.8, 4) is 0 Å². The second-order valence-corrected chi connectivity index (χ2v) is 14.2. The highest BCUT2D eigenvalue weighted by Crippen LogP contribution is 2.62. The quantitative estimate of drug-likeness (QED) is 0.135. The second-order valence-electron chi connectivity index (χ2n) is 12.8. The van der Waals surface area contributed by atoms with Crippen molar-refractivity contribution in [3.05, 3.63) is 136 Å². The number of ketones is 1. The second kappa shape index (κ2) is 13.1. The third kappa shape index (κ3) is 7.00. The Morgan fingerprint density at radius 3 is 2.36 bits per heavy atom. The lowest BCUT2D eigenvalue weighted by atomic mass is 9.52. The largest absolute Gasteiger partial charge is 0.473 e. The molecular weight excluding hydrogens is 626 g/mol. The van der Waals surface area contributed by atoms with Gasteiger partial charge in [0.15, 0.2) is 11.4 Å². The molecule has 47 heavy (non-hydrogen) atoms. The van der Waals surface area contributed by atoms with Crippen LogP contribution >= 0.6 is 7.82 Å². The van der Waals surface area contributed by atoms with E-state index >= 15 is 0 Å². The predicted molar refractivity (Wildman–Crippen MR) is 172 cm³/mol. The van der Waals surface area contributed by atoms with Crippen LogP contribution < -0.4 is 0 Å². The zero-order valence-corrected chi connectivity index (χ0v) is 27.0. The molecule has 2 aliphatic rings. The van der Waals surface area contributed by atoms with Crippen LogP contribution in [0.25, 0.3) is 0 Å². The van der Waals surface area contributed by atoms with Crippen molar-refractivity contribution in [1.29, 1.82) is 0 Å². The number of phosphoric acid groups is 1. The van der Waals surface area contributed by atoms with E-state index in [9.17, 15) is 27.4 Å². The normalized spacial score (nSPS) is 23.7. The molecule has 1 unspecified atom stereocenters. The molecule has 1 N–H and O–H groups in total. The lowest BCUT2D eigenvalue weighted by molar-refractivity contribution is -0.273. The van der Waals surface area contributed by atoms with E-state index in [1.54, 1.807) is 48.7 Å². The number of carbonyl (C=O) groups is 1. The van der Waals surface area contributed by atoms with Crippen LogP contribution in [0.2, 0.25) is 0 Å². The maximum Gasteiger partial charge on any atom is 0.473 e. The summed E-state index contributed by atoms with van der Waals surface area (Å²) in [6.07, 6.45) is -2.59. The van der Waals surface area contributed by atoms with Crippen molar-refractivity contribution in [2.24, 2.45) is 5.92 Å². The lowest BCUT2D eigenvalue weighted by Gasteiger charge is -2.54. The van der Waals surface area contributed by atoms with Gasteiger partial charge in [-0.3, -0.25) is 18.8 Å². The molecule has 0 saturated heterocycles. The van der Waals surface area contributed by atoms with E-state index < -0.39 is 43.8 Å². The van der Waals surface area contributed by atoms with Gasteiger partial charge in [-0.2, -0.15) is 13.2 Å². The molecule has 6 rings (SSSR count). The summed E-state index contributed by atoms with van der Waals surface area (Å²) in [7, 11) is -5.10. The minimum Gasteiger partial charge on any atom is -0.302 e. The average Bonchev–Trinajstić information content (AvgIpc) is 3.05. The summed E-state index contributed by atoms with van der Waals surface area (Å²) in [5, 5.41) is 0. The molecule has 246 valence electrons. The van der Waals surface area contributed by atoms with Crippen molar-refractivity contribution in [2.75, 3.05) is 0 Å². The summed E-state index contributed by atoms with van der Waals surface area (Å²) in [5.74, 6) is -0.565. The molecule has 2 aliphatic carbocycles. The Bertz CT molecular complexity index is 1780. The molecule has 0 spiro atoms. The Hall–Kier alpha value is -3.62. The zero-order chi connectivity index (χ0) is 33.3. The first-order valence-electron chi connectivity index (χ1n) is 15.8. The average molecular weight is 664 g/mol. The molecule has 1 saturated carbocycles. The SMILES string of the molecule is Cc1ncccc1CC(=O)c1ccc2c(c1)CC[C@@H]1C[C@@](OP(=O)(O)OCc3ccccc3)(C(F)(F)F)CC[C@@]21Cc1ccccc1. The van der Waals surface area contributed by atoms with Gasteiger partial charge in [0, 0.05) is 29.3 Å². The number of aryl methyl sites for hydroxylation is 2. The topological polar surface area (TPSA) is 85.7 Å². The lowest BCUT2D eigenvalue weighted by Crippen LogP contribution is -2.57. The van der Waals surface area contributed by atoms with Gasteiger partial charge in [-0.1, -0.05) is 78.9 Å². The zero-order valence-electron chi connectivity index (χ0n) is 26.1. The number of alkyl halides is 3. The van der Waals surface area contributed by atoms with Crippen molar-refractivity contribution in [1.82, 2.24) is 4.98 Å². The number of hydrogen-bond acceptors (Lipinski definition) is 5. The standard InChI is InChI=1S/C37H37F3NO5P/c1-26-29(13-8-20-41-26)22-34(42)31-15-17-33-30(21-31)14-16-32-24-36(37(38,39)40,19-18-35(32,33)23-27-9-4-2-5-10-27)46-47(43,44)45-25-28-11-6-3-7-12-28/h2-13,15,17,20-21,32H,14,16,18-19,22-25H2,1H3,(H,43,44)/t32-,35+,36-/m1/s1. The van der Waals surface area contributed by atoms with Gasteiger partial charge >= 0.3 is 14.0 Å². The van der Waals surface area contributed by atoms with Crippen LogP contribution in [0.4, 0.5) is 13.2 Å². The molecule has 1 fully saturated rings. The van der Waals surface area contributed by atoms with E-state index in [1.807, 2.05) is 55.5 Å². The van der Waals surface area contributed by atoms with Gasteiger partial charge in [0.05, 0.1) is 6.61 Å². The number of pyridine rings is 1. The molecule has 0 radical (unpaired) electrons. The summed E-state index contributed by atoms with van der Waals surface area (Å²) in [6.45, 7) is 1.50. The molecule has 1 heterocycles. The first kappa shape index (κ1) is 33.3. The Labute approximate surface area is 272 Å². The highest BCUT2D eigenvalue weighted by atomic mass is 31.2. The van der Waals surface area contributed by atoms with Crippen LogP contribution in [0, 0.1) is 12.8 Å². The fraction of sp³-hybridized carbons (Fsp3) is 0.351. The number of Topliss-reactive ketones (excluding diaryl/α,β-unsaturated/α-hetero) is 1. The molecule has 4 aromatic rings. The van der Waals surface area contributed by atoms with E-state index in [4.69, 9.17) is 9.05 Å². The van der Waals surface area contributed by atoms with Gasteiger partial charge in [0.25, 0.3) is 0 Å². The summed E-state index contributed by atoms with van der Waals surface area (Å²) in [6, 6.07) is 27.4. The highest BCUT2D eigenvalue weighted by molar-refractivity contribution is 7.47. The number of carbonyl (C=O) groups excluding carboxylic acids is 1. The molecule has 10 heteroatoms. The smallest absolute Gasteiger partial charge is 0.302 e. The molecule has 1 aromatic heterocycles. The molecule has 0 aliphatic heterocycles. The van der Waals surface area contributed by atoms with Gasteiger partial charge in [-0.25, -0.2) is 4.57 Å². The minimum absolute atomic E-state index is 0.0505. The maximum absolute atomic E-state index is 15.0. The first-order chi connectivity index (χ1) is 22.4. The monoisotopic (exact) mass is 663 g/mol. The molecule has 0 bridgehead atoms. The molecule has 6 nitrogen and oxygen atoms in total. The van der Waals surface area contributed by atoms with E-state index in [1.165, 1.54) is 0 Å². The number of phosphoric ester groups is 1. The fourth-order valence-corrected chi connectivity index (χ4v) is 8.56. The van der Waals surface area contributed by atoms with Crippen LogP contribution in [-0.2, 0) is 44.9 Å². The van der Waals surface area contributed by atoms with Crippen LogP contribution in [-0.4, -0.2) is 27.4 Å². The summed E-state index contributed by atoms with van der Waals surface area (Å²) < 4.78 is 68.3. The van der Waals surface area contributed by atoms with Crippen LogP contribution in [0.3, 0.4) is 0 Å². The van der Waals surface area contributed by atoms with Gasteiger partial charge in [-0.05, 0) is 91.3 Å². The minimum atomic E-state index is -5.10. The van der Waals surface area contributed by atoms with Crippen molar-refractivity contribution in [2.45, 2.75) is 75.7 Å². The van der Waals surface area contributed by atoms with Crippen LogP contribution in [0.1, 0.15) is 69.6 Å². The number of rotatable bonds is 10. The van der Waals surface area contributed by atoms with E-state index in [0.717, 1.165) is 27.9 Å². The number of nitrogens with zero attached hydrogens (tertiary/aromatic N) is 1. The van der Waals surface area contributed by atoms with Crippen molar-refractivity contribution in [3.63, 3.8) is 0 Å². The molecule has 4 atom stereocenters. The van der Waals surface area contributed by atoms with Crippen LogP contribution in [0.5, 0.6) is 0 Å².